The highest BCUT2D eigenvalue weighted by Gasteiger charge is 2.23. The molecule has 0 aromatic carbocycles. The number of aliphatic carboxylic acids is 1. The summed E-state index contributed by atoms with van der Waals surface area (Å²) in [6.07, 6.45) is 5.03. The summed E-state index contributed by atoms with van der Waals surface area (Å²) in [7, 11) is 0. The van der Waals surface area contributed by atoms with Crippen molar-refractivity contribution in [3.8, 4) is 0 Å². The number of rotatable bonds is 7. The molecule has 1 aromatic heterocycles. The van der Waals surface area contributed by atoms with Gasteiger partial charge in [0.15, 0.2) is 0 Å². The molecule has 1 unspecified atom stereocenters. The number of aromatic nitrogens is 3. The molecule has 1 rings (SSSR count). The fourth-order valence-corrected chi connectivity index (χ4v) is 1.79. The Morgan fingerprint density at radius 1 is 1.56 bits per heavy atom. The van der Waals surface area contributed by atoms with Crippen molar-refractivity contribution in [2.75, 3.05) is 12.0 Å². The number of nitrogens with zero attached hydrogens (tertiary/aromatic N) is 3. The van der Waals surface area contributed by atoms with Gasteiger partial charge in [0.1, 0.15) is 24.7 Å². The minimum atomic E-state index is -1.02. The van der Waals surface area contributed by atoms with Gasteiger partial charge in [-0.1, -0.05) is 0 Å². The Labute approximate surface area is 109 Å². The maximum Gasteiger partial charge on any atom is 0.326 e. The number of nitrogens with one attached hydrogen (secondary N) is 1. The molecule has 7 nitrogen and oxygen atoms in total. The molecule has 2 N–H and O–H groups in total. The number of thioether (sulfide) groups is 1. The van der Waals surface area contributed by atoms with Crippen LogP contribution in [0, 0.1) is 0 Å². The molecule has 0 saturated heterocycles. The van der Waals surface area contributed by atoms with Gasteiger partial charge in [-0.15, -0.1) is 0 Å². The summed E-state index contributed by atoms with van der Waals surface area (Å²) < 4.78 is 1.38. The number of carboxylic acid groups (broad SMARTS) is 1. The predicted molar refractivity (Wildman–Crippen MR) is 67.3 cm³/mol. The first kappa shape index (κ1) is 14.5. The molecule has 0 aliphatic heterocycles. The van der Waals surface area contributed by atoms with Gasteiger partial charge in [0.25, 0.3) is 0 Å². The van der Waals surface area contributed by atoms with Crippen LogP contribution < -0.4 is 5.32 Å². The largest absolute Gasteiger partial charge is 0.480 e. The lowest BCUT2D eigenvalue weighted by atomic mass is 10.2. The van der Waals surface area contributed by atoms with Gasteiger partial charge in [0.2, 0.25) is 5.91 Å². The van der Waals surface area contributed by atoms with Gasteiger partial charge >= 0.3 is 5.97 Å². The van der Waals surface area contributed by atoms with Crippen LogP contribution in [0.5, 0.6) is 0 Å². The molecule has 8 heteroatoms. The van der Waals surface area contributed by atoms with Crippen LogP contribution in [0.2, 0.25) is 0 Å². The molecule has 0 aliphatic rings. The normalized spacial score (nSPS) is 13.9. The number of carbonyl (C=O) groups excluding carboxylic acids is 1. The van der Waals surface area contributed by atoms with Crippen molar-refractivity contribution < 1.29 is 14.7 Å². The first-order valence-corrected chi connectivity index (χ1v) is 6.82. The van der Waals surface area contributed by atoms with E-state index in [9.17, 15) is 9.59 Å². The Morgan fingerprint density at radius 2 is 2.28 bits per heavy atom. The van der Waals surface area contributed by atoms with Crippen molar-refractivity contribution in [1.82, 2.24) is 20.1 Å². The van der Waals surface area contributed by atoms with Crippen molar-refractivity contribution in [2.45, 2.75) is 25.4 Å². The van der Waals surface area contributed by atoms with Crippen LogP contribution in [0.15, 0.2) is 12.7 Å². The average molecular weight is 272 g/mol. The molecule has 0 saturated carbocycles. The lowest BCUT2D eigenvalue weighted by molar-refractivity contribution is -0.142. The average Bonchev–Trinajstić information content (AvgIpc) is 2.86. The molecule has 0 radical (unpaired) electrons. The second kappa shape index (κ2) is 7.00. The van der Waals surface area contributed by atoms with Crippen LogP contribution in [-0.2, 0) is 9.59 Å². The van der Waals surface area contributed by atoms with E-state index in [1.807, 2.05) is 6.26 Å². The summed E-state index contributed by atoms with van der Waals surface area (Å²) >= 11 is 1.54. The lowest BCUT2D eigenvalue weighted by Gasteiger charge is -2.17. The van der Waals surface area contributed by atoms with Gasteiger partial charge in [-0.2, -0.15) is 16.9 Å². The van der Waals surface area contributed by atoms with Gasteiger partial charge in [0.05, 0.1) is 0 Å². The van der Waals surface area contributed by atoms with Gasteiger partial charge in [0, 0.05) is 0 Å². The molecule has 0 aliphatic carbocycles. The minimum Gasteiger partial charge on any atom is -0.480 e. The summed E-state index contributed by atoms with van der Waals surface area (Å²) in [5.74, 6) is -0.730. The van der Waals surface area contributed by atoms with Crippen LogP contribution in [0.3, 0.4) is 0 Å². The Bertz CT molecular complexity index is 396. The van der Waals surface area contributed by atoms with Gasteiger partial charge in [-0.25, -0.2) is 14.5 Å². The van der Waals surface area contributed by atoms with Crippen molar-refractivity contribution >= 4 is 23.6 Å². The Morgan fingerprint density at radius 3 is 2.78 bits per heavy atom. The van der Waals surface area contributed by atoms with Gasteiger partial charge in [-0.05, 0) is 25.4 Å². The number of carboxylic acids is 1. The van der Waals surface area contributed by atoms with Crippen LogP contribution in [0.4, 0.5) is 0 Å². The summed E-state index contributed by atoms with van der Waals surface area (Å²) in [6, 6.07) is -1.44. The van der Waals surface area contributed by atoms with Crippen LogP contribution in [0.25, 0.3) is 0 Å². The van der Waals surface area contributed by atoms with E-state index >= 15 is 0 Å². The van der Waals surface area contributed by atoms with Crippen molar-refractivity contribution in [2.24, 2.45) is 0 Å². The number of amides is 1. The first-order chi connectivity index (χ1) is 8.56. The van der Waals surface area contributed by atoms with E-state index in [-0.39, 0.29) is 5.91 Å². The SMILES string of the molecule is CSCC[C@H](NC(=O)C(C)n1cncn1)C(=O)O. The third-order valence-corrected chi connectivity index (χ3v) is 3.08. The maximum atomic E-state index is 11.8. The van der Waals surface area contributed by atoms with E-state index < -0.39 is 18.1 Å². The zero-order valence-corrected chi connectivity index (χ0v) is 11.1. The molecule has 1 aromatic rings. The van der Waals surface area contributed by atoms with Crippen molar-refractivity contribution in [3.05, 3.63) is 12.7 Å². The summed E-state index contributed by atoms with van der Waals surface area (Å²) in [5, 5.41) is 15.3. The minimum absolute atomic E-state index is 0.381. The standard InChI is InChI=1S/C10H16N4O3S/c1-7(14-6-11-5-12-14)9(15)13-8(10(16)17)3-4-18-2/h5-8H,3-4H2,1-2H3,(H,13,15)(H,16,17)/t7?,8-/m0/s1. The third kappa shape index (κ3) is 4.02. The molecule has 1 amide bonds. The molecule has 18 heavy (non-hydrogen) atoms. The highest BCUT2D eigenvalue weighted by atomic mass is 32.2. The summed E-state index contributed by atoms with van der Waals surface area (Å²) in [4.78, 5) is 26.6. The maximum absolute atomic E-state index is 11.8. The third-order valence-electron chi connectivity index (χ3n) is 2.44. The number of carbonyl (C=O) groups is 2. The molecular formula is C10H16N4O3S. The topological polar surface area (TPSA) is 97.1 Å². The molecule has 0 spiro atoms. The zero-order chi connectivity index (χ0) is 13.5. The van der Waals surface area contributed by atoms with Crippen LogP contribution >= 0.6 is 11.8 Å². The highest BCUT2D eigenvalue weighted by molar-refractivity contribution is 7.98. The quantitative estimate of drug-likeness (QED) is 0.734. The zero-order valence-electron chi connectivity index (χ0n) is 10.2. The lowest BCUT2D eigenvalue weighted by Crippen LogP contribution is -2.44. The smallest absolute Gasteiger partial charge is 0.326 e. The van der Waals surface area contributed by atoms with E-state index in [1.54, 1.807) is 6.92 Å². The predicted octanol–water partition coefficient (Wildman–Crippen LogP) is 0.162. The second-order valence-corrected chi connectivity index (χ2v) is 4.72. The van der Waals surface area contributed by atoms with Gasteiger partial charge < -0.3 is 10.4 Å². The fourth-order valence-electron chi connectivity index (χ4n) is 1.32. The van der Waals surface area contributed by atoms with E-state index in [0.29, 0.717) is 12.2 Å². The second-order valence-electron chi connectivity index (χ2n) is 3.73. The van der Waals surface area contributed by atoms with Gasteiger partial charge in [-0.3, -0.25) is 4.79 Å². The van der Waals surface area contributed by atoms with Crippen molar-refractivity contribution in [3.63, 3.8) is 0 Å². The molecule has 2 atom stereocenters. The van der Waals surface area contributed by atoms with E-state index in [2.05, 4.69) is 15.4 Å². The molecule has 0 fully saturated rings. The molecular weight excluding hydrogens is 256 g/mol. The van der Waals surface area contributed by atoms with Crippen LogP contribution in [0.1, 0.15) is 19.4 Å². The Kier molecular flexibility index (Phi) is 5.63. The number of hydrogen-bond acceptors (Lipinski definition) is 5. The van der Waals surface area contributed by atoms with Crippen molar-refractivity contribution in [1.29, 1.82) is 0 Å². The summed E-state index contributed by atoms with van der Waals surface area (Å²) in [5.41, 5.74) is 0. The van der Waals surface area contributed by atoms with E-state index in [4.69, 9.17) is 5.11 Å². The molecule has 100 valence electrons. The molecule has 1 heterocycles. The van der Waals surface area contributed by atoms with Crippen LogP contribution in [-0.4, -0.2) is 49.8 Å². The number of hydrogen-bond donors (Lipinski definition) is 2. The molecule has 0 bridgehead atoms. The first-order valence-electron chi connectivity index (χ1n) is 5.42. The Hall–Kier alpha value is -1.57. The Balaban J connectivity index is 2.58. The van der Waals surface area contributed by atoms with E-state index in [0.717, 1.165) is 0 Å². The highest BCUT2D eigenvalue weighted by Crippen LogP contribution is 2.05. The van der Waals surface area contributed by atoms with E-state index in [1.165, 1.54) is 29.1 Å². The fraction of sp³-hybridized carbons (Fsp3) is 0.600. The monoisotopic (exact) mass is 272 g/mol. The summed E-state index contributed by atoms with van der Waals surface area (Å²) in [6.45, 7) is 1.64.